The van der Waals surface area contributed by atoms with E-state index in [-0.39, 0.29) is 23.9 Å². The Morgan fingerprint density at radius 1 is 1.19 bits per heavy atom. The van der Waals surface area contributed by atoms with Crippen molar-refractivity contribution in [2.45, 2.75) is 37.3 Å². The molecule has 1 aromatic carbocycles. The van der Waals surface area contributed by atoms with Crippen LogP contribution in [0, 0.1) is 0 Å². The smallest absolute Gasteiger partial charge is 0.287 e. The zero-order valence-corrected chi connectivity index (χ0v) is 18.0. The molecular weight excluding hydrogens is 424 g/mol. The lowest BCUT2D eigenvalue weighted by molar-refractivity contribution is -0.130. The maximum Gasteiger partial charge on any atom is 0.287 e. The number of ketones is 1. The van der Waals surface area contributed by atoms with Crippen molar-refractivity contribution < 1.29 is 32.0 Å². The number of Topliss-reactive ketones (excluding diaryl/α,β-unsaturated/α-hetero) is 1. The molecule has 2 N–H and O–H groups in total. The molecule has 166 valence electrons. The van der Waals surface area contributed by atoms with E-state index in [1.54, 1.807) is 37.3 Å². The zero-order valence-electron chi connectivity index (χ0n) is 17.2. The molecule has 3 rings (SSSR count). The highest BCUT2D eigenvalue weighted by molar-refractivity contribution is 7.90. The molecule has 1 aliphatic rings. The van der Waals surface area contributed by atoms with Gasteiger partial charge in [0.1, 0.15) is 18.2 Å². The molecule has 1 aromatic heterocycles. The Kier molecular flexibility index (Phi) is 6.61. The van der Waals surface area contributed by atoms with Gasteiger partial charge in [0.2, 0.25) is 5.91 Å². The van der Waals surface area contributed by atoms with Gasteiger partial charge in [-0.15, -0.1) is 0 Å². The Hall–Kier alpha value is -2.98. The van der Waals surface area contributed by atoms with Gasteiger partial charge in [-0.25, -0.2) is 8.42 Å². The fourth-order valence-corrected chi connectivity index (χ4v) is 4.78. The third kappa shape index (κ3) is 5.39. The van der Waals surface area contributed by atoms with Crippen molar-refractivity contribution in [1.82, 2.24) is 10.6 Å². The first-order chi connectivity index (χ1) is 14.6. The van der Waals surface area contributed by atoms with Crippen LogP contribution in [0.15, 0.2) is 53.1 Å². The molecule has 3 atom stereocenters. The number of rotatable bonds is 8. The number of benzene rings is 1. The minimum absolute atomic E-state index is 0.0712. The lowest BCUT2D eigenvalue weighted by Gasteiger charge is -2.29. The van der Waals surface area contributed by atoms with Crippen LogP contribution in [0.1, 0.15) is 30.0 Å². The molecule has 0 aliphatic carbocycles. The molecular formula is C21H24N2O7S. The van der Waals surface area contributed by atoms with Gasteiger partial charge >= 0.3 is 0 Å². The second-order valence-corrected chi connectivity index (χ2v) is 9.72. The molecule has 2 aromatic rings. The van der Waals surface area contributed by atoms with Crippen LogP contribution in [0.3, 0.4) is 0 Å². The van der Waals surface area contributed by atoms with Gasteiger partial charge in [0.05, 0.1) is 23.9 Å². The van der Waals surface area contributed by atoms with Crippen LogP contribution in [0.25, 0.3) is 0 Å². The van der Waals surface area contributed by atoms with Crippen molar-refractivity contribution in [3.63, 3.8) is 0 Å². The van der Waals surface area contributed by atoms with E-state index in [2.05, 4.69) is 10.6 Å². The second-order valence-electron chi connectivity index (χ2n) is 7.61. The van der Waals surface area contributed by atoms with Crippen molar-refractivity contribution in [3.05, 3.63) is 60.1 Å². The number of amides is 2. The SMILES string of the molecule is CC1OCC(=O)C1(C)NC(=O)C(CS(=O)(=O)Cc1ccccc1)NC(=O)c1ccco1. The average Bonchev–Trinajstić information content (AvgIpc) is 3.33. The minimum atomic E-state index is -3.80. The fraction of sp³-hybridized carbons (Fsp3) is 0.381. The minimum Gasteiger partial charge on any atom is -0.459 e. The van der Waals surface area contributed by atoms with Crippen molar-refractivity contribution in [2.75, 3.05) is 12.4 Å². The first-order valence-corrected chi connectivity index (χ1v) is 11.5. The normalized spacial score (nSPS) is 22.1. The molecule has 0 radical (unpaired) electrons. The highest BCUT2D eigenvalue weighted by Crippen LogP contribution is 2.22. The van der Waals surface area contributed by atoms with E-state index in [4.69, 9.17) is 9.15 Å². The van der Waals surface area contributed by atoms with Gasteiger partial charge in [-0.3, -0.25) is 14.4 Å². The van der Waals surface area contributed by atoms with Gasteiger partial charge in [0, 0.05) is 0 Å². The number of carbonyl (C=O) groups excluding carboxylic acids is 3. The monoisotopic (exact) mass is 448 g/mol. The Bertz CT molecular complexity index is 1050. The molecule has 9 nitrogen and oxygen atoms in total. The summed E-state index contributed by atoms with van der Waals surface area (Å²) in [6.07, 6.45) is 0.680. The van der Waals surface area contributed by atoms with Gasteiger partial charge in [0.25, 0.3) is 5.91 Å². The molecule has 1 fully saturated rings. The topological polar surface area (TPSA) is 132 Å². The highest BCUT2D eigenvalue weighted by atomic mass is 32.2. The summed E-state index contributed by atoms with van der Waals surface area (Å²) >= 11 is 0. The quantitative estimate of drug-likeness (QED) is 0.612. The van der Waals surface area contributed by atoms with E-state index >= 15 is 0 Å². The number of ether oxygens (including phenoxy) is 1. The first kappa shape index (κ1) is 22.7. The number of nitrogens with one attached hydrogen (secondary N) is 2. The molecule has 0 bridgehead atoms. The van der Waals surface area contributed by atoms with Crippen molar-refractivity contribution >= 4 is 27.4 Å². The summed E-state index contributed by atoms with van der Waals surface area (Å²) in [6.45, 7) is 2.98. The van der Waals surface area contributed by atoms with Gasteiger partial charge in [-0.1, -0.05) is 30.3 Å². The molecule has 10 heteroatoms. The Morgan fingerprint density at radius 2 is 1.90 bits per heavy atom. The number of hydrogen-bond donors (Lipinski definition) is 2. The van der Waals surface area contributed by atoms with E-state index in [1.165, 1.54) is 25.3 Å². The molecule has 0 spiro atoms. The first-order valence-electron chi connectivity index (χ1n) is 9.66. The van der Waals surface area contributed by atoms with E-state index in [9.17, 15) is 22.8 Å². The van der Waals surface area contributed by atoms with Crippen LogP contribution in [-0.4, -0.2) is 56.1 Å². The predicted octanol–water partition coefficient (Wildman–Crippen LogP) is 0.856. The van der Waals surface area contributed by atoms with Gasteiger partial charge < -0.3 is 19.8 Å². The highest BCUT2D eigenvalue weighted by Gasteiger charge is 2.47. The third-order valence-corrected chi connectivity index (χ3v) is 6.87. The Labute approximate surface area is 180 Å². The van der Waals surface area contributed by atoms with E-state index in [0.29, 0.717) is 5.56 Å². The third-order valence-electron chi connectivity index (χ3n) is 5.26. The summed E-state index contributed by atoms with van der Waals surface area (Å²) in [6, 6.07) is 9.94. The molecule has 3 unspecified atom stereocenters. The molecule has 1 saturated heterocycles. The van der Waals surface area contributed by atoms with Crippen molar-refractivity contribution in [2.24, 2.45) is 0 Å². The number of furan rings is 1. The molecule has 1 aliphatic heterocycles. The van der Waals surface area contributed by atoms with Crippen molar-refractivity contribution in [1.29, 1.82) is 0 Å². The molecule has 31 heavy (non-hydrogen) atoms. The Balaban J connectivity index is 1.81. The maximum absolute atomic E-state index is 13.0. The lowest BCUT2D eigenvalue weighted by Crippen LogP contribution is -2.61. The number of carbonyl (C=O) groups is 3. The van der Waals surface area contributed by atoms with E-state index in [0.717, 1.165) is 0 Å². The summed E-state index contributed by atoms with van der Waals surface area (Å²) in [5, 5.41) is 4.97. The van der Waals surface area contributed by atoms with E-state index < -0.39 is 45.1 Å². The number of sulfone groups is 1. The fourth-order valence-electron chi connectivity index (χ4n) is 3.22. The van der Waals surface area contributed by atoms with Crippen LogP contribution in [0.2, 0.25) is 0 Å². The molecule has 2 heterocycles. The van der Waals surface area contributed by atoms with Gasteiger partial charge in [0.15, 0.2) is 21.4 Å². The molecule has 0 saturated carbocycles. The second kappa shape index (κ2) is 9.03. The summed E-state index contributed by atoms with van der Waals surface area (Å²) in [5.74, 6) is -2.91. The van der Waals surface area contributed by atoms with Crippen LogP contribution < -0.4 is 10.6 Å². The Morgan fingerprint density at radius 3 is 2.48 bits per heavy atom. The van der Waals surface area contributed by atoms with E-state index in [1.807, 2.05) is 0 Å². The number of hydrogen-bond acceptors (Lipinski definition) is 7. The summed E-state index contributed by atoms with van der Waals surface area (Å²) < 4.78 is 35.9. The predicted molar refractivity (Wildman–Crippen MR) is 111 cm³/mol. The van der Waals surface area contributed by atoms with Gasteiger partial charge in [-0.2, -0.15) is 0 Å². The summed E-state index contributed by atoms with van der Waals surface area (Å²) in [7, 11) is -3.80. The van der Waals surface area contributed by atoms with Crippen LogP contribution >= 0.6 is 0 Å². The zero-order chi connectivity index (χ0) is 22.6. The lowest BCUT2D eigenvalue weighted by atomic mass is 9.93. The molecule has 2 amide bonds. The summed E-state index contributed by atoms with van der Waals surface area (Å²) in [4.78, 5) is 37.7. The van der Waals surface area contributed by atoms with Crippen LogP contribution in [-0.2, 0) is 29.9 Å². The maximum atomic E-state index is 13.0. The summed E-state index contributed by atoms with van der Waals surface area (Å²) in [5.41, 5.74) is -0.771. The standard InChI is InChI=1S/C21H24N2O7S/c1-14-21(2,18(24)11-30-14)23-19(25)16(22-20(26)17-9-6-10-29-17)13-31(27,28)12-15-7-4-3-5-8-15/h3-10,14,16H,11-13H2,1-2H3,(H,22,26)(H,23,25). The van der Waals surface area contributed by atoms with Crippen LogP contribution in [0.4, 0.5) is 0 Å². The largest absolute Gasteiger partial charge is 0.459 e. The van der Waals surface area contributed by atoms with Crippen molar-refractivity contribution in [3.8, 4) is 0 Å². The average molecular weight is 448 g/mol. The van der Waals surface area contributed by atoms with Crippen LogP contribution in [0.5, 0.6) is 0 Å². The van der Waals surface area contributed by atoms with Gasteiger partial charge in [-0.05, 0) is 31.5 Å².